The van der Waals surface area contributed by atoms with Gasteiger partial charge in [-0.25, -0.2) is 0 Å². The second kappa shape index (κ2) is 7.34. The van der Waals surface area contributed by atoms with E-state index in [2.05, 4.69) is 0 Å². The highest BCUT2D eigenvalue weighted by atomic mass is 16.2. The Kier molecular flexibility index (Phi) is 4.78. The largest absolute Gasteiger partial charge is 0.285 e. The van der Waals surface area contributed by atoms with E-state index in [1.807, 2.05) is 60.7 Å². The molecule has 0 aromatic heterocycles. The Morgan fingerprint density at radius 3 is 1.46 bits per heavy atom. The van der Waals surface area contributed by atoms with Gasteiger partial charge in [-0.3, -0.25) is 9.59 Å². The third-order valence-corrected chi connectivity index (χ3v) is 3.68. The van der Waals surface area contributed by atoms with E-state index in [4.69, 9.17) is 0 Å². The molecule has 0 amide bonds. The minimum atomic E-state index is -0.486. The molecule has 0 heterocycles. The lowest BCUT2D eigenvalue weighted by atomic mass is 10.0. The topological polar surface area (TPSA) is 34.1 Å². The summed E-state index contributed by atoms with van der Waals surface area (Å²) in [5.74, 6) is -0.969. The van der Waals surface area contributed by atoms with Crippen LogP contribution in [0.3, 0.4) is 0 Å². The van der Waals surface area contributed by atoms with Crippen LogP contribution in [-0.4, -0.2) is 11.6 Å². The predicted molar refractivity (Wildman–Crippen MR) is 96.9 cm³/mol. The van der Waals surface area contributed by atoms with E-state index < -0.39 is 11.6 Å². The SMILES string of the molecule is O=C(C(=O)c1ccc(/C=C/c2ccccc2)cc1)c1ccccc1. The number of ketones is 2. The second-order valence-corrected chi connectivity index (χ2v) is 5.39. The zero-order valence-corrected chi connectivity index (χ0v) is 13.1. The molecule has 0 fully saturated rings. The summed E-state index contributed by atoms with van der Waals surface area (Å²) in [7, 11) is 0. The molecule has 3 aromatic carbocycles. The maximum atomic E-state index is 12.3. The molecule has 0 aliphatic heterocycles. The van der Waals surface area contributed by atoms with Crippen molar-refractivity contribution in [3.05, 3.63) is 107 Å². The Hall–Kier alpha value is -3.26. The zero-order chi connectivity index (χ0) is 16.8. The van der Waals surface area contributed by atoms with Crippen LogP contribution >= 0.6 is 0 Å². The normalized spacial score (nSPS) is 10.7. The fourth-order valence-corrected chi connectivity index (χ4v) is 2.35. The molecule has 0 unspecified atom stereocenters. The van der Waals surface area contributed by atoms with Gasteiger partial charge in [0.2, 0.25) is 11.6 Å². The molecule has 0 aliphatic carbocycles. The fourth-order valence-electron chi connectivity index (χ4n) is 2.35. The Morgan fingerprint density at radius 2 is 0.917 bits per heavy atom. The van der Waals surface area contributed by atoms with E-state index in [0.717, 1.165) is 11.1 Å². The molecule has 116 valence electrons. The lowest BCUT2D eigenvalue weighted by molar-refractivity contribution is 0.0817. The number of carbonyl (C=O) groups is 2. The summed E-state index contributed by atoms with van der Waals surface area (Å²) in [6.45, 7) is 0. The fraction of sp³-hybridized carbons (Fsp3) is 0. The van der Waals surface area contributed by atoms with Gasteiger partial charge in [0, 0.05) is 11.1 Å². The van der Waals surface area contributed by atoms with Gasteiger partial charge in [0.05, 0.1) is 0 Å². The molecule has 0 aliphatic rings. The number of hydrogen-bond acceptors (Lipinski definition) is 2. The van der Waals surface area contributed by atoms with E-state index >= 15 is 0 Å². The van der Waals surface area contributed by atoms with Crippen molar-refractivity contribution >= 4 is 23.7 Å². The Bertz CT molecular complexity index is 861. The number of rotatable bonds is 5. The highest BCUT2D eigenvalue weighted by molar-refractivity contribution is 6.49. The number of carbonyl (C=O) groups excluding carboxylic acids is 2. The molecule has 0 saturated carbocycles. The molecule has 0 bridgehead atoms. The first-order valence-electron chi connectivity index (χ1n) is 7.71. The molecule has 0 atom stereocenters. The minimum Gasteiger partial charge on any atom is -0.285 e. The first kappa shape index (κ1) is 15.6. The van der Waals surface area contributed by atoms with Crippen molar-refractivity contribution in [2.75, 3.05) is 0 Å². The monoisotopic (exact) mass is 312 g/mol. The average molecular weight is 312 g/mol. The molecule has 0 radical (unpaired) electrons. The minimum absolute atomic E-state index is 0.403. The Balaban J connectivity index is 1.73. The second-order valence-electron chi connectivity index (χ2n) is 5.39. The number of hydrogen-bond donors (Lipinski definition) is 0. The van der Waals surface area contributed by atoms with Gasteiger partial charge in [-0.2, -0.15) is 0 Å². The van der Waals surface area contributed by atoms with Crippen molar-refractivity contribution in [3.8, 4) is 0 Å². The van der Waals surface area contributed by atoms with Gasteiger partial charge in [0.15, 0.2) is 0 Å². The molecule has 0 N–H and O–H groups in total. The Labute approximate surface area is 141 Å². The third-order valence-electron chi connectivity index (χ3n) is 3.68. The summed E-state index contributed by atoms with van der Waals surface area (Å²) in [5.41, 5.74) is 2.90. The molecule has 3 rings (SSSR count). The van der Waals surface area contributed by atoms with Crippen LogP contribution in [0.4, 0.5) is 0 Å². The summed E-state index contributed by atoms with van der Waals surface area (Å²) in [6.07, 6.45) is 3.98. The summed E-state index contributed by atoms with van der Waals surface area (Å²) < 4.78 is 0. The van der Waals surface area contributed by atoms with Crippen molar-refractivity contribution in [1.29, 1.82) is 0 Å². The van der Waals surface area contributed by atoms with Crippen LogP contribution < -0.4 is 0 Å². The van der Waals surface area contributed by atoms with Crippen LogP contribution in [0.1, 0.15) is 31.8 Å². The maximum absolute atomic E-state index is 12.3. The van der Waals surface area contributed by atoms with Crippen LogP contribution in [0.15, 0.2) is 84.9 Å². The van der Waals surface area contributed by atoms with E-state index in [0.29, 0.717) is 11.1 Å². The molecule has 0 saturated heterocycles. The zero-order valence-electron chi connectivity index (χ0n) is 13.1. The predicted octanol–water partition coefficient (Wildman–Crippen LogP) is 4.92. The van der Waals surface area contributed by atoms with Gasteiger partial charge in [0.1, 0.15) is 0 Å². The lowest BCUT2D eigenvalue weighted by Gasteiger charge is -2.01. The summed E-state index contributed by atoms with van der Waals surface area (Å²) >= 11 is 0. The van der Waals surface area contributed by atoms with E-state index in [1.165, 1.54) is 0 Å². The molecule has 0 spiro atoms. The first-order chi connectivity index (χ1) is 11.7. The molecule has 3 aromatic rings. The highest BCUT2D eigenvalue weighted by Crippen LogP contribution is 2.12. The van der Waals surface area contributed by atoms with Gasteiger partial charge in [-0.15, -0.1) is 0 Å². The molecular weight excluding hydrogens is 296 g/mol. The van der Waals surface area contributed by atoms with Crippen LogP contribution in [-0.2, 0) is 0 Å². The molecule has 24 heavy (non-hydrogen) atoms. The van der Waals surface area contributed by atoms with E-state index in [-0.39, 0.29) is 0 Å². The number of Topliss-reactive ketones (excluding diaryl/α,β-unsaturated/α-hetero) is 2. The van der Waals surface area contributed by atoms with Gasteiger partial charge in [0.25, 0.3) is 0 Å². The van der Waals surface area contributed by atoms with Crippen LogP contribution in [0.2, 0.25) is 0 Å². The van der Waals surface area contributed by atoms with Gasteiger partial charge < -0.3 is 0 Å². The van der Waals surface area contributed by atoms with Gasteiger partial charge >= 0.3 is 0 Å². The standard InChI is InChI=1S/C22H16O2/c23-21(19-9-5-2-6-10-19)22(24)20-15-13-18(14-16-20)12-11-17-7-3-1-4-8-17/h1-16H/b12-11+. The number of benzene rings is 3. The van der Waals surface area contributed by atoms with E-state index in [1.54, 1.807) is 36.4 Å². The first-order valence-corrected chi connectivity index (χ1v) is 7.71. The van der Waals surface area contributed by atoms with Crippen LogP contribution in [0, 0.1) is 0 Å². The van der Waals surface area contributed by atoms with Gasteiger partial charge in [-0.05, 0) is 11.1 Å². The quantitative estimate of drug-likeness (QED) is 0.380. The molecular formula is C22H16O2. The van der Waals surface area contributed by atoms with Crippen molar-refractivity contribution in [2.24, 2.45) is 0 Å². The van der Waals surface area contributed by atoms with Gasteiger partial charge in [-0.1, -0.05) is 97.1 Å². The summed E-state index contributed by atoms with van der Waals surface area (Å²) in [6, 6.07) is 25.6. The summed E-state index contributed by atoms with van der Waals surface area (Å²) in [5, 5.41) is 0. The third kappa shape index (κ3) is 3.73. The lowest BCUT2D eigenvalue weighted by Crippen LogP contribution is -2.14. The van der Waals surface area contributed by atoms with Crippen LogP contribution in [0.25, 0.3) is 12.2 Å². The molecule has 2 nitrogen and oxygen atoms in total. The van der Waals surface area contributed by atoms with Crippen molar-refractivity contribution in [3.63, 3.8) is 0 Å². The average Bonchev–Trinajstić information content (AvgIpc) is 2.67. The maximum Gasteiger partial charge on any atom is 0.233 e. The van der Waals surface area contributed by atoms with Crippen molar-refractivity contribution < 1.29 is 9.59 Å². The van der Waals surface area contributed by atoms with Crippen molar-refractivity contribution in [1.82, 2.24) is 0 Å². The van der Waals surface area contributed by atoms with Crippen molar-refractivity contribution in [2.45, 2.75) is 0 Å². The van der Waals surface area contributed by atoms with E-state index in [9.17, 15) is 9.59 Å². The highest BCUT2D eigenvalue weighted by Gasteiger charge is 2.17. The smallest absolute Gasteiger partial charge is 0.233 e. The molecule has 2 heteroatoms. The Morgan fingerprint density at radius 1 is 0.500 bits per heavy atom. The summed E-state index contributed by atoms with van der Waals surface area (Å²) in [4.78, 5) is 24.4. The van der Waals surface area contributed by atoms with Crippen LogP contribution in [0.5, 0.6) is 0 Å².